The summed E-state index contributed by atoms with van der Waals surface area (Å²) in [6.07, 6.45) is 3.68. The minimum Gasteiger partial charge on any atom is -0.333 e. The van der Waals surface area contributed by atoms with Gasteiger partial charge < -0.3 is 4.90 Å². The second-order valence-electron chi connectivity index (χ2n) is 7.26. The zero-order valence-corrected chi connectivity index (χ0v) is 15.0. The number of benzene rings is 2. The van der Waals surface area contributed by atoms with Crippen LogP contribution in [0, 0.1) is 5.82 Å². The van der Waals surface area contributed by atoms with Crippen LogP contribution < -0.4 is 0 Å². The summed E-state index contributed by atoms with van der Waals surface area (Å²) in [6.45, 7) is 1.35. The molecule has 2 heterocycles. The molecule has 0 radical (unpaired) electrons. The highest BCUT2D eigenvalue weighted by molar-refractivity contribution is 5.94. The Morgan fingerprint density at radius 2 is 1.74 bits per heavy atom. The average molecular weight is 361 g/mol. The van der Waals surface area contributed by atoms with Crippen LogP contribution in [0.25, 0.3) is 5.69 Å². The van der Waals surface area contributed by atoms with Crippen LogP contribution in [0.2, 0.25) is 0 Å². The Kier molecular flexibility index (Phi) is 3.81. The molecule has 0 saturated heterocycles. The van der Waals surface area contributed by atoms with Gasteiger partial charge in [-0.25, -0.2) is 9.07 Å². The molecule has 0 unspecified atom stereocenters. The molecule has 0 spiro atoms. The smallest absolute Gasteiger partial charge is 0.274 e. The van der Waals surface area contributed by atoms with Crippen LogP contribution in [0.3, 0.4) is 0 Å². The fourth-order valence-corrected chi connectivity index (χ4v) is 4.22. The first kappa shape index (κ1) is 16.2. The second-order valence-corrected chi connectivity index (χ2v) is 7.26. The summed E-state index contributed by atoms with van der Waals surface area (Å²) >= 11 is 0. The van der Waals surface area contributed by atoms with Crippen molar-refractivity contribution < 1.29 is 9.18 Å². The van der Waals surface area contributed by atoms with E-state index in [1.807, 2.05) is 21.7 Å². The number of aromatic nitrogens is 2. The lowest BCUT2D eigenvalue weighted by atomic mass is 9.99. The van der Waals surface area contributed by atoms with E-state index in [0.717, 1.165) is 42.6 Å². The third-order valence-corrected chi connectivity index (χ3v) is 5.62. The molecule has 0 atom stereocenters. The van der Waals surface area contributed by atoms with Crippen LogP contribution in [0.4, 0.5) is 4.39 Å². The van der Waals surface area contributed by atoms with E-state index < -0.39 is 0 Å². The number of hydrogen-bond donors (Lipinski definition) is 0. The van der Waals surface area contributed by atoms with E-state index in [4.69, 9.17) is 0 Å². The number of amides is 1. The van der Waals surface area contributed by atoms with E-state index in [-0.39, 0.29) is 11.7 Å². The zero-order chi connectivity index (χ0) is 18.4. The SMILES string of the molecule is O=C(c1nn(-c2ccc(F)cc2)c2c1CCC2)N1CCc2ccccc2C1. The molecule has 5 heteroatoms. The average Bonchev–Trinajstić information content (AvgIpc) is 3.31. The van der Waals surface area contributed by atoms with Gasteiger partial charge >= 0.3 is 0 Å². The van der Waals surface area contributed by atoms with Crippen LogP contribution in [0.1, 0.15) is 39.3 Å². The quantitative estimate of drug-likeness (QED) is 0.698. The predicted octanol–water partition coefficient (Wildman–Crippen LogP) is 3.70. The fraction of sp³-hybridized carbons (Fsp3) is 0.273. The van der Waals surface area contributed by atoms with Crippen molar-refractivity contribution in [3.8, 4) is 5.69 Å². The molecule has 0 N–H and O–H groups in total. The van der Waals surface area contributed by atoms with Crippen molar-refractivity contribution in [3.63, 3.8) is 0 Å². The van der Waals surface area contributed by atoms with Gasteiger partial charge in [-0.15, -0.1) is 0 Å². The number of fused-ring (bicyclic) bond motifs is 2. The zero-order valence-electron chi connectivity index (χ0n) is 15.0. The number of halogens is 1. The lowest BCUT2D eigenvalue weighted by molar-refractivity contribution is 0.0727. The van der Waals surface area contributed by atoms with E-state index in [1.165, 1.54) is 23.3 Å². The molecule has 1 amide bonds. The maximum Gasteiger partial charge on any atom is 0.274 e. The van der Waals surface area contributed by atoms with Gasteiger partial charge in [-0.2, -0.15) is 5.10 Å². The fourth-order valence-electron chi connectivity index (χ4n) is 4.22. The molecule has 1 aliphatic heterocycles. The monoisotopic (exact) mass is 361 g/mol. The molecule has 2 aromatic carbocycles. The summed E-state index contributed by atoms with van der Waals surface area (Å²) in [5.74, 6) is -0.269. The van der Waals surface area contributed by atoms with E-state index in [0.29, 0.717) is 18.8 Å². The molecule has 136 valence electrons. The first-order valence-corrected chi connectivity index (χ1v) is 9.43. The Balaban J connectivity index is 1.50. The summed E-state index contributed by atoms with van der Waals surface area (Å²) < 4.78 is 15.1. The van der Waals surface area contributed by atoms with E-state index >= 15 is 0 Å². The van der Waals surface area contributed by atoms with E-state index in [9.17, 15) is 9.18 Å². The van der Waals surface area contributed by atoms with Gasteiger partial charge in [0.1, 0.15) is 5.82 Å². The molecule has 5 rings (SSSR count). The van der Waals surface area contributed by atoms with Gasteiger partial charge in [0.15, 0.2) is 5.69 Å². The minimum absolute atomic E-state index is 0.00325. The Labute approximate surface area is 157 Å². The van der Waals surface area contributed by atoms with Crippen LogP contribution in [0.5, 0.6) is 0 Å². The molecular formula is C22H20FN3O. The number of carbonyl (C=O) groups is 1. The van der Waals surface area contributed by atoms with Crippen molar-refractivity contribution in [1.82, 2.24) is 14.7 Å². The van der Waals surface area contributed by atoms with Crippen molar-refractivity contribution in [3.05, 3.63) is 82.4 Å². The van der Waals surface area contributed by atoms with Gasteiger partial charge in [0, 0.05) is 24.3 Å². The van der Waals surface area contributed by atoms with Gasteiger partial charge in [-0.1, -0.05) is 24.3 Å². The minimum atomic E-state index is -0.272. The summed E-state index contributed by atoms with van der Waals surface area (Å²) in [6, 6.07) is 14.6. The highest BCUT2D eigenvalue weighted by Crippen LogP contribution is 2.30. The third-order valence-electron chi connectivity index (χ3n) is 5.62. The molecule has 27 heavy (non-hydrogen) atoms. The predicted molar refractivity (Wildman–Crippen MR) is 100 cm³/mol. The van der Waals surface area contributed by atoms with E-state index in [2.05, 4.69) is 17.2 Å². The number of carbonyl (C=O) groups excluding carboxylic acids is 1. The Bertz CT molecular complexity index is 1020. The third kappa shape index (κ3) is 2.74. The molecule has 2 aliphatic rings. The summed E-state index contributed by atoms with van der Waals surface area (Å²) in [5.41, 5.74) is 6.05. The lowest BCUT2D eigenvalue weighted by Gasteiger charge is -2.28. The summed E-state index contributed by atoms with van der Waals surface area (Å²) in [5, 5.41) is 4.67. The Morgan fingerprint density at radius 1 is 0.963 bits per heavy atom. The Morgan fingerprint density at radius 3 is 2.56 bits per heavy atom. The van der Waals surface area contributed by atoms with Crippen molar-refractivity contribution in [2.45, 2.75) is 32.2 Å². The van der Waals surface area contributed by atoms with Crippen LogP contribution >= 0.6 is 0 Å². The van der Waals surface area contributed by atoms with Crippen LogP contribution in [-0.4, -0.2) is 27.1 Å². The van der Waals surface area contributed by atoms with Gasteiger partial charge in [0.2, 0.25) is 0 Å². The van der Waals surface area contributed by atoms with Crippen molar-refractivity contribution in [2.24, 2.45) is 0 Å². The molecule has 3 aromatic rings. The lowest BCUT2D eigenvalue weighted by Crippen LogP contribution is -2.36. The van der Waals surface area contributed by atoms with Crippen molar-refractivity contribution >= 4 is 5.91 Å². The molecule has 4 nitrogen and oxygen atoms in total. The summed E-state index contributed by atoms with van der Waals surface area (Å²) in [4.78, 5) is 15.2. The first-order chi connectivity index (χ1) is 13.2. The van der Waals surface area contributed by atoms with Gasteiger partial charge in [-0.05, 0) is 61.1 Å². The van der Waals surface area contributed by atoms with Gasteiger partial charge in [0.25, 0.3) is 5.91 Å². The number of hydrogen-bond acceptors (Lipinski definition) is 2. The second kappa shape index (κ2) is 6.34. The highest BCUT2D eigenvalue weighted by atomic mass is 19.1. The molecule has 0 fully saturated rings. The standard InChI is InChI=1S/C22H20FN3O/c23-17-8-10-18(11-9-17)26-20-7-3-6-19(20)21(24-26)22(27)25-13-12-15-4-1-2-5-16(15)14-25/h1-2,4-5,8-11H,3,6-7,12-14H2. The van der Waals surface area contributed by atoms with Crippen LogP contribution in [0.15, 0.2) is 48.5 Å². The van der Waals surface area contributed by atoms with Crippen molar-refractivity contribution in [1.29, 1.82) is 0 Å². The number of nitrogens with zero attached hydrogens (tertiary/aromatic N) is 3. The number of rotatable bonds is 2. The van der Waals surface area contributed by atoms with Gasteiger partial charge in [0.05, 0.1) is 5.69 Å². The molecule has 0 bridgehead atoms. The highest BCUT2D eigenvalue weighted by Gasteiger charge is 2.30. The summed E-state index contributed by atoms with van der Waals surface area (Å²) in [7, 11) is 0. The molecule has 1 aromatic heterocycles. The molecule has 0 saturated carbocycles. The normalized spacial score (nSPS) is 15.5. The maximum atomic E-state index is 13.3. The largest absolute Gasteiger partial charge is 0.333 e. The van der Waals surface area contributed by atoms with Crippen LogP contribution in [-0.2, 0) is 25.8 Å². The Hall–Kier alpha value is -2.95. The van der Waals surface area contributed by atoms with Crippen molar-refractivity contribution in [2.75, 3.05) is 6.54 Å². The van der Waals surface area contributed by atoms with E-state index in [1.54, 1.807) is 12.1 Å². The van der Waals surface area contributed by atoms with Gasteiger partial charge in [-0.3, -0.25) is 4.79 Å². The first-order valence-electron chi connectivity index (χ1n) is 9.43. The maximum absolute atomic E-state index is 13.3. The molecular weight excluding hydrogens is 341 g/mol. The topological polar surface area (TPSA) is 38.1 Å². The molecule has 1 aliphatic carbocycles.